The van der Waals surface area contributed by atoms with Crippen LogP contribution in [0.2, 0.25) is 0 Å². The summed E-state index contributed by atoms with van der Waals surface area (Å²) in [4.78, 5) is 2.22. The minimum absolute atomic E-state index is 0.0527. The maximum absolute atomic E-state index is 11.9. The van der Waals surface area contributed by atoms with Gasteiger partial charge in [-0.05, 0) is 39.3 Å². The fraction of sp³-hybridized carbons (Fsp3) is 1.00. The first kappa shape index (κ1) is 12.8. The van der Waals surface area contributed by atoms with Crippen molar-refractivity contribution in [2.24, 2.45) is 5.92 Å². The van der Waals surface area contributed by atoms with Crippen molar-refractivity contribution in [3.05, 3.63) is 0 Å². The van der Waals surface area contributed by atoms with Crippen LogP contribution in [0, 0.1) is 5.92 Å². The van der Waals surface area contributed by atoms with E-state index in [0.29, 0.717) is 5.92 Å². The van der Waals surface area contributed by atoms with E-state index in [1.165, 1.54) is 0 Å². The summed E-state index contributed by atoms with van der Waals surface area (Å²) in [7, 11) is 2.05. The molecule has 90 valence electrons. The Morgan fingerprint density at radius 1 is 1.47 bits per heavy atom. The molecular formula is C10H19F3N2. The summed E-state index contributed by atoms with van der Waals surface area (Å²) in [6.07, 6.45) is -2.16. The van der Waals surface area contributed by atoms with Crippen molar-refractivity contribution in [1.82, 2.24) is 10.2 Å². The number of rotatable bonds is 4. The molecule has 0 aromatic rings. The Labute approximate surface area is 88.8 Å². The van der Waals surface area contributed by atoms with Gasteiger partial charge in [0.2, 0.25) is 0 Å². The summed E-state index contributed by atoms with van der Waals surface area (Å²) in [5, 5.41) is 2.52. The van der Waals surface area contributed by atoms with Crippen molar-refractivity contribution in [1.29, 1.82) is 0 Å². The van der Waals surface area contributed by atoms with Crippen LogP contribution in [-0.2, 0) is 0 Å². The molecule has 1 fully saturated rings. The summed E-state index contributed by atoms with van der Waals surface area (Å²) in [6.45, 7) is 3.02. The molecule has 1 aliphatic heterocycles. The van der Waals surface area contributed by atoms with Crippen LogP contribution in [0.5, 0.6) is 0 Å². The molecule has 1 saturated heterocycles. The smallest absolute Gasteiger partial charge is 0.306 e. The Hall–Kier alpha value is -0.290. The second kappa shape index (κ2) is 5.16. The second-order valence-electron chi connectivity index (χ2n) is 4.55. The lowest BCUT2D eigenvalue weighted by molar-refractivity contribution is -0.126. The summed E-state index contributed by atoms with van der Waals surface area (Å²) >= 11 is 0. The number of nitrogens with one attached hydrogen (secondary N) is 1. The van der Waals surface area contributed by atoms with Crippen molar-refractivity contribution in [3.8, 4) is 0 Å². The van der Waals surface area contributed by atoms with Crippen LogP contribution in [0.15, 0.2) is 0 Å². The first-order valence-corrected chi connectivity index (χ1v) is 5.35. The second-order valence-corrected chi connectivity index (χ2v) is 4.55. The van der Waals surface area contributed by atoms with Gasteiger partial charge in [-0.2, -0.15) is 13.2 Å². The molecular weight excluding hydrogens is 205 g/mol. The van der Waals surface area contributed by atoms with Gasteiger partial charge in [-0.25, -0.2) is 0 Å². The van der Waals surface area contributed by atoms with E-state index in [2.05, 4.69) is 10.2 Å². The Bertz CT molecular complexity index is 194. The van der Waals surface area contributed by atoms with Crippen molar-refractivity contribution in [2.75, 3.05) is 26.7 Å². The zero-order valence-corrected chi connectivity index (χ0v) is 9.27. The maximum atomic E-state index is 11.9. The van der Waals surface area contributed by atoms with Gasteiger partial charge in [-0.3, -0.25) is 0 Å². The molecule has 1 rings (SSSR count). The maximum Gasteiger partial charge on any atom is 0.401 e. The number of nitrogens with zero attached hydrogens (tertiary/aromatic N) is 1. The normalized spacial score (nSPS) is 25.8. The van der Waals surface area contributed by atoms with Crippen LogP contribution >= 0.6 is 0 Å². The van der Waals surface area contributed by atoms with E-state index in [0.717, 1.165) is 25.9 Å². The van der Waals surface area contributed by atoms with E-state index < -0.39 is 12.7 Å². The summed E-state index contributed by atoms with van der Waals surface area (Å²) in [5.41, 5.74) is 0. The molecule has 2 nitrogen and oxygen atoms in total. The van der Waals surface area contributed by atoms with Gasteiger partial charge in [0, 0.05) is 12.6 Å². The first-order valence-electron chi connectivity index (χ1n) is 5.35. The quantitative estimate of drug-likeness (QED) is 0.784. The van der Waals surface area contributed by atoms with E-state index in [1.807, 2.05) is 14.0 Å². The molecule has 15 heavy (non-hydrogen) atoms. The van der Waals surface area contributed by atoms with Gasteiger partial charge in [0.25, 0.3) is 0 Å². The number of likely N-dealkylation sites (tertiary alicyclic amines) is 1. The first-order chi connectivity index (χ1) is 6.87. The van der Waals surface area contributed by atoms with Crippen LogP contribution in [0.25, 0.3) is 0 Å². The minimum atomic E-state index is -4.10. The van der Waals surface area contributed by atoms with Gasteiger partial charge in [0.05, 0.1) is 6.54 Å². The Balaban J connectivity index is 2.16. The SMILES string of the molecule is CC(CC1CCN(C)C1)NCC(F)(F)F. The largest absolute Gasteiger partial charge is 0.401 e. The molecule has 5 heteroatoms. The van der Waals surface area contributed by atoms with Gasteiger partial charge in [0.15, 0.2) is 0 Å². The Morgan fingerprint density at radius 3 is 2.60 bits per heavy atom. The molecule has 1 N–H and O–H groups in total. The highest BCUT2D eigenvalue weighted by atomic mass is 19.4. The monoisotopic (exact) mass is 224 g/mol. The fourth-order valence-electron chi connectivity index (χ4n) is 2.09. The number of alkyl halides is 3. The molecule has 0 aromatic heterocycles. The number of hydrogen-bond acceptors (Lipinski definition) is 2. The topological polar surface area (TPSA) is 15.3 Å². The molecule has 2 unspecified atom stereocenters. The summed E-state index contributed by atoms with van der Waals surface area (Å²) in [5.74, 6) is 0.547. The number of halogens is 3. The molecule has 0 radical (unpaired) electrons. The van der Waals surface area contributed by atoms with E-state index in [-0.39, 0.29) is 6.04 Å². The molecule has 2 atom stereocenters. The highest BCUT2D eigenvalue weighted by molar-refractivity contribution is 4.77. The highest BCUT2D eigenvalue weighted by Crippen LogP contribution is 2.20. The van der Waals surface area contributed by atoms with Crippen molar-refractivity contribution in [3.63, 3.8) is 0 Å². The van der Waals surface area contributed by atoms with Gasteiger partial charge >= 0.3 is 6.18 Å². The van der Waals surface area contributed by atoms with Crippen molar-refractivity contribution >= 4 is 0 Å². The van der Waals surface area contributed by atoms with E-state index in [9.17, 15) is 13.2 Å². The third-order valence-electron chi connectivity index (χ3n) is 2.83. The number of hydrogen-bond donors (Lipinski definition) is 1. The molecule has 0 aliphatic carbocycles. The third-order valence-corrected chi connectivity index (χ3v) is 2.83. The van der Waals surface area contributed by atoms with E-state index in [4.69, 9.17) is 0 Å². The molecule has 1 aliphatic rings. The average Bonchev–Trinajstić information content (AvgIpc) is 2.47. The minimum Gasteiger partial charge on any atom is -0.306 e. The lowest BCUT2D eigenvalue weighted by Crippen LogP contribution is -2.36. The molecule has 0 aromatic carbocycles. The lowest BCUT2D eigenvalue weighted by atomic mass is 10.0. The summed E-state index contributed by atoms with van der Waals surface area (Å²) < 4.78 is 35.8. The van der Waals surface area contributed by atoms with Crippen LogP contribution in [0.1, 0.15) is 19.8 Å². The van der Waals surface area contributed by atoms with Crippen LogP contribution in [0.3, 0.4) is 0 Å². The lowest BCUT2D eigenvalue weighted by Gasteiger charge is -2.19. The molecule has 0 spiro atoms. The zero-order valence-electron chi connectivity index (χ0n) is 9.27. The molecule has 0 bridgehead atoms. The van der Waals surface area contributed by atoms with Gasteiger partial charge < -0.3 is 10.2 Å². The van der Waals surface area contributed by atoms with Crippen molar-refractivity contribution in [2.45, 2.75) is 32.0 Å². The van der Waals surface area contributed by atoms with Crippen LogP contribution in [-0.4, -0.2) is 43.8 Å². The van der Waals surface area contributed by atoms with Crippen LogP contribution in [0.4, 0.5) is 13.2 Å². The Morgan fingerprint density at radius 2 is 2.13 bits per heavy atom. The third kappa shape index (κ3) is 5.37. The predicted molar refractivity (Wildman–Crippen MR) is 53.7 cm³/mol. The van der Waals surface area contributed by atoms with Gasteiger partial charge in [-0.15, -0.1) is 0 Å². The van der Waals surface area contributed by atoms with Crippen molar-refractivity contribution < 1.29 is 13.2 Å². The van der Waals surface area contributed by atoms with Crippen LogP contribution < -0.4 is 5.32 Å². The molecule has 0 saturated carbocycles. The Kier molecular flexibility index (Phi) is 4.40. The molecule has 1 heterocycles. The molecule has 0 amide bonds. The fourth-order valence-corrected chi connectivity index (χ4v) is 2.09. The average molecular weight is 224 g/mol. The zero-order chi connectivity index (χ0) is 11.5. The van der Waals surface area contributed by atoms with E-state index in [1.54, 1.807) is 0 Å². The standard InChI is InChI=1S/C10H19F3N2/c1-8(14-7-10(11,12)13)5-9-3-4-15(2)6-9/h8-9,14H,3-7H2,1-2H3. The highest BCUT2D eigenvalue weighted by Gasteiger charge is 2.28. The van der Waals surface area contributed by atoms with E-state index >= 15 is 0 Å². The summed E-state index contributed by atoms with van der Waals surface area (Å²) in [6, 6.07) is -0.0527. The predicted octanol–water partition coefficient (Wildman–Crippen LogP) is 1.87. The van der Waals surface area contributed by atoms with Gasteiger partial charge in [-0.1, -0.05) is 0 Å². The van der Waals surface area contributed by atoms with Gasteiger partial charge in [0.1, 0.15) is 0 Å².